The summed E-state index contributed by atoms with van der Waals surface area (Å²) in [6.07, 6.45) is 0. The van der Waals surface area contributed by atoms with E-state index >= 15 is 0 Å². The number of hydrogen-bond acceptors (Lipinski definition) is 4. The molecule has 0 atom stereocenters. The Morgan fingerprint density at radius 3 is 2.93 bits per heavy atom. The van der Waals surface area contributed by atoms with E-state index in [1.807, 2.05) is 6.92 Å². The van der Waals surface area contributed by atoms with Crippen LogP contribution in [0.3, 0.4) is 0 Å². The fourth-order valence-electron chi connectivity index (χ4n) is 1.13. The lowest BCUT2D eigenvalue weighted by atomic mass is 10.4. The average molecular weight is 213 g/mol. The van der Waals surface area contributed by atoms with Crippen LogP contribution in [0, 0.1) is 6.92 Å². The number of aryl methyl sites for hydroxylation is 1. The van der Waals surface area contributed by atoms with Crippen LogP contribution in [0.25, 0.3) is 0 Å². The van der Waals surface area contributed by atoms with Crippen molar-refractivity contribution in [1.82, 2.24) is 15.2 Å². The third kappa shape index (κ3) is 4.17. The van der Waals surface area contributed by atoms with E-state index < -0.39 is 0 Å². The van der Waals surface area contributed by atoms with Gasteiger partial charge < -0.3 is 10.2 Å². The number of rotatable bonds is 6. The normalized spacial score (nSPS) is 11.1. The topological polar surface area (TPSA) is 28.2 Å². The lowest BCUT2D eigenvalue weighted by Gasteiger charge is -2.13. The SMILES string of the molecule is CCN(C)CCNCc1csc(C)n1. The van der Waals surface area contributed by atoms with E-state index in [0.29, 0.717) is 0 Å². The highest BCUT2D eigenvalue weighted by atomic mass is 32.1. The molecule has 0 spiro atoms. The molecular formula is C10H19N3S. The second-order valence-electron chi connectivity index (χ2n) is 3.43. The first-order valence-corrected chi connectivity index (χ1v) is 5.90. The smallest absolute Gasteiger partial charge is 0.0897 e. The van der Waals surface area contributed by atoms with Gasteiger partial charge in [0.05, 0.1) is 10.7 Å². The second-order valence-corrected chi connectivity index (χ2v) is 4.49. The van der Waals surface area contributed by atoms with Crippen molar-refractivity contribution in [2.75, 3.05) is 26.7 Å². The van der Waals surface area contributed by atoms with Crippen LogP contribution < -0.4 is 5.32 Å². The van der Waals surface area contributed by atoms with Gasteiger partial charge in [0.25, 0.3) is 0 Å². The zero-order valence-electron chi connectivity index (χ0n) is 9.21. The van der Waals surface area contributed by atoms with Gasteiger partial charge in [0, 0.05) is 25.0 Å². The Labute approximate surface area is 90.2 Å². The summed E-state index contributed by atoms with van der Waals surface area (Å²) in [5, 5.41) is 6.65. The molecule has 1 heterocycles. The minimum Gasteiger partial charge on any atom is -0.310 e. The summed E-state index contributed by atoms with van der Waals surface area (Å²) < 4.78 is 0. The number of nitrogens with one attached hydrogen (secondary N) is 1. The molecule has 1 aromatic heterocycles. The predicted molar refractivity (Wildman–Crippen MR) is 61.7 cm³/mol. The molecule has 1 N–H and O–H groups in total. The van der Waals surface area contributed by atoms with E-state index in [0.717, 1.165) is 36.9 Å². The Morgan fingerprint density at radius 1 is 1.57 bits per heavy atom. The first-order chi connectivity index (χ1) is 6.72. The first kappa shape index (κ1) is 11.6. The Balaban J connectivity index is 2.10. The van der Waals surface area contributed by atoms with Crippen LogP contribution >= 0.6 is 11.3 Å². The van der Waals surface area contributed by atoms with E-state index in [1.165, 1.54) is 0 Å². The van der Waals surface area contributed by atoms with Crippen LogP contribution in [-0.2, 0) is 6.54 Å². The first-order valence-electron chi connectivity index (χ1n) is 5.02. The van der Waals surface area contributed by atoms with Gasteiger partial charge in [0.2, 0.25) is 0 Å². The van der Waals surface area contributed by atoms with Gasteiger partial charge in [-0.1, -0.05) is 6.92 Å². The molecule has 3 nitrogen and oxygen atoms in total. The Hall–Kier alpha value is -0.450. The molecule has 0 fully saturated rings. The molecule has 4 heteroatoms. The van der Waals surface area contributed by atoms with Crippen LogP contribution in [0.1, 0.15) is 17.6 Å². The summed E-state index contributed by atoms with van der Waals surface area (Å²) in [5.74, 6) is 0. The fourth-order valence-corrected chi connectivity index (χ4v) is 1.75. The van der Waals surface area contributed by atoms with Crippen LogP contribution in [0.4, 0.5) is 0 Å². The van der Waals surface area contributed by atoms with Gasteiger partial charge in [-0.25, -0.2) is 4.98 Å². The van der Waals surface area contributed by atoms with Crippen molar-refractivity contribution in [2.45, 2.75) is 20.4 Å². The number of thiazole rings is 1. The molecule has 0 saturated heterocycles. The van der Waals surface area contributed by atoms with Crippen molar-refractivity contribution in [1.29, 1.82) is 0 Å². The highest BCUT2D eigenvalue weighted by Crippen LogP contribution is 2.06. The minimum absolute atomic E-state index is 0.891. The van der Waals surface area contributed by atoms with E-state index in [2.05, 4.69) is 34.6 Å². The van der Waals surface area contributed by atoms with E-state index in [-0.39, 0.29) is 0 Å². The molecule has 0 aliphatic carbocycles. The standard InChI is InChI=1S/C10H19N3S/c1-4-13(3)6-5-11-7-10-8-14-9(2)12-10/h8,11H,4-7H2,1-3H3. The van der Waals surface area contributed by atoms with Gasteiger partial charge >= 0.3 is 0 Å². The van der Waals surface area contributed by atoms with E-state index in [4.69, 9.17) is 0 Å². The lowest BCUT2D eigenvalue weighted by molar-refractivity contribution is 0.348. The molecule has 0 aliphatic heterocycles. The molecule has 1 rings (SSSR count). The third-order valence-electron chi connectivity index (χ3n) is 2.18. The molecule has 0 aliphatic rings. The molecule has 1 aromatic rings. The average Bonchev–Trinajstić information content (AvgIpc) is 2.58. The van der Waals surface area contributed by atoms with Crippen LogP contribution in [0.2, 0.25) is 0 Å². The molecule has 0 radical (unpaired) electrons. The highest BCUT2D eigenvalue weighted by Gasteiger charge is 1.97. The van der Waals surface area contributed by atoms with Crippen molar-refractivity contribution < 1.29 is 0 Å². The van der Waals surface area contributed by atoms with Crippen molar-refractivity contribution >= 4 is 11.3 Å². The van der Waals surface area contributed by atoms with Crippen molar-refractivity contribution in [2.24, 2.45) is 0 Å². The molecular weight excluding hydrogens is 194 g/mol. The van der Waals surface area contributed by atoms with Gasteiger partial charge in [-0.05, 0) is 20.5 Å². The van der Waals surface area contributed by atoms with E-state index in [1.54, 1.807) is 11.3 Å². The fraction of sp³-hybridized carbons (Fsp3) is 0.700. The maximum Gasteiger partial charge on any atom is 0.0897 e. The van der Waals surface area contributed by atoms with Crippen molar-refractivity contribution in [3.8, 4) is 0 Å². The Kier molecular flexibility index (Phi) is 5.07. The summed E-state index contributed by atoms with van der Waals surface area (Å²) in [4.78, 5) is 6.68. The number of nitrogens with zero attached hydrogens (tertiary/aromatic N) is 2. The second kappa shape index (κ2) is 6.11. The summed E-state index contributed by atoms with van der Waals surface area (Å²) >= 11 is 1.71. The van der Waals surface area contributed by atoms with Gasteiger partial charge in [0.15, 0.2) is 0 Å². The zero-order chi connectivity index (χ0) is 10.4. The molecule has 14 heavy (non-hydrogen) atoms. The largest absolute Gasteiger partial charge is 0.310 e. The van der Waals surface area contributed by atoms with Crippen LogP contribution in [-0.4, -0.2) is 36.6 Å². The molecule has 0 aromatic carbocycles. The van der Waals surface area contributed by atoms with Crippen LogP contribution in [0.5, 0.6) is 0 Å². The van der Waals surface area contributed by atoms with E-state index in [9.17, 15) is 0 Å². The molecule has 0 amide bonds. The molecule has 0 bridgehead atoms. The molecule has 0 saturated carbocycles. The number of aromatic nitrogens is 1. The summed E-state index contributed by atoms with van der Waals surface area (Å²) in [5.41, 5.74) is 1.16. The number of likely N-dealkylation sites (N-methyl/N-ethyl adjacent to an activating group) is 1. The maximum atomic E-state index is 4.39. The quantitative estimate of drug-likeness (QED) is 0.726. The van der Waals surface area contributed by atoms with Crippen LogP contribution in [0.15, 0.2) is 5.38 Å². The third-order valence-corrected chi connectivity index (χ3v) is 3.01. The predicted octanol–water partition coefficient (Wildman–Crippen LogP) is 1.49. The summed E-state index contributed by atoms with van der Waals surface area (Å²) in [7, 11) is 2.13. The molecule has 80 valence electrons. The maximum absolute atomic E-state index is 4.39. The summed E-state index contributed by atoms with van der Waals surface area (Å²) in [6.45, 7) is 8.34. The van der Waals surface area contributed by atoms with Gasteiger partial charge in [-0.3, -0.25) is 0 Å². The molecule has 0 unspecified atom stereocenters. The Morgan fingerprint density at radius 2 is 2.36 bits per heavy atom. The summed E-state index contributed by atoms with van der Waals surface area (Å²) in [6, 6.07) is 0. The lowest BCUT2D eigenvalue weighted by Crippen LogP contribution is -2.28. The Bertz CT molecular complexity index is 260. The highest BCUT2D eigenvalue weighted by molar-refractivity contribution is 7.09. The van der Waals surface area contributed by atoms with Gasteiger partial charge in [-0.15, -0.1) is 11.3 Å². The van der Waals surface area contributed by atoms with Gasteiger partial charge in [-0.2, -0.15) is 0 Å². The van der Waals surface area contributed by atoms with Crippen molar-refractivity contribution in [3.05, 3.63) is 16.1 Å². The van der Waals surface area contributed by atoms with Crippen molar-refractivity contribution in [3.63, 3.8) is 0 Å². The zero-order valence-corrected chi connectivity index (χ0v) is 10.0. The minimum atomic E-state index is 0.891. The van der Waals surface area contributed by atoms with Gasteiger partial charge in [0.1, 0.15) is 0 Å². The monoisotopic (exact) mass is 213 g/mol. The number of hydrogen-bond donors (Lipinski definition) is 1.